The lowest BCUT2D eigenvalue weighted by atomic mass is 10.0. The molecule has 1 rings (SSSR count). The van der Waals surface area contributed by atoms with Gasteiger partial charge in [-0.15, -0.1) is 0 Å². The van der Waals surface area contributed by atoms with Gasteiger partial charge in [0.05, 0.1) is 0 Å². The fourth-order valence-corrected chi connectivity index (χ4v) is 3.96. The van der Waals surface area contributed by atoms with Crippen molar-refractivity contribution in [1.29, 1.82) is 0 Å². The maximum Gasteiger partial charge on any atom is 0.192 e. The van der Waals surface area contributed by atoms with Crippen molar-refractivity contribution in [2.45, 2.75) is 103 Å². The fourth-order valence-electron chi connectivity index (χ4n) is 2.54. The lowest BCUT2D eigenvalue weighted by molar-refractivity contribution is 0.158. The van der Waals surface area contributed by atoms with E-state index in [1.165, 1.54) is 57.8 Å². The van der Waals surface area contributed by atoms with E-state index < -0.39 is 8.32 Å². The van der Waals surface area contributed by atoms with E-state index in [4.69, 9.17) is 4.43 Å². The van der Waals surface area contributed by atoms with Crippen LogP contribution in [0.25, 0.3) is 0 Å². The Morgan fingerprint density at radius 1 is 0.850 bits per heavy atom. The minimum atomic E-state index is -1.61. The van der Waals surface area contributed by atoms with E-state index in [2.05, 4.69) is 46.0 Å². The van der Waals surface area contributed by atoms with Crippen molar-refractivity contribution in [3.8, 4) is 0 Å². The Morgan fingerprint density at radius 3 is 2.15 bits per heavy atom. The van der Waals surface area contributed by atoms with Gasteiger partial charge >= 0.3 is 0 Å². The van der Waals surface area contributed by atoms with E-state index >= 15 is 0 Å². The van der Waals surface area contributed by atoms with Gasteiger partial charge in [0, 0.05) is 6.10 Å². The molecule has 0 aromatic heterocycles. The third-order valence-electron chi connectivity index (χ3n) is 4.99. The molecule has 1 atom stereocenters. The molecule has 2 heteroatoms. The first-order valence-corrected chi connectivity index (χ1v) is 11.6. The molecule has 1 nitrogen and oxygen atoms in total. The highest BCUT2D eigenvalue weighted by atomic mass is 28.4. The topological polar surface area (TPSA) is 9.23 Å². The van der Waals surface area contributed by atoms with Crippen LogP contribution in [0.2, 0.25) is 18.1 Å². The molecule has 0 aromatic carbocycles. The smallest absolute Gasteiger partial charge is 0.192 e. The summed E-state index contributed by atoms with van der Waals surface area (Å²) in [7, 11) is -1.61. The van der Waals surface area contributed by atoms with Crippen LogP contribution in [0.4, 0.5) is 0 Å². The van der Waals surface area contributed by atoms with Gasteiger partial charge in [-0.3, -0.25) is 0 Å². The van der Waals surface area contributed by atoms with Gasteiger partial charge in [-0.1, -0.05) is 58.6 Å². The lowest BCUT2D eigenvalue weighted by Gasteiger charge is -2.39. The Labute approximate surface area is 128 Å². The molecule has 0 amide bonds. The normalized spacial score (nSPS) is 23.9. The summed E-state index contributed by atoms with van der Waals surface area (Å²) in [4.78, 5) is 0. The van der Waals surface area contributed by atoms with Gasteiger partial charge in [-0.25, -0.2) is 0 Å². The fraction of sp³-hybridized carbons (Fsp3) is 0.889. The largest absolute Gasteiger partial charge is 0.414 e. The van der Waals surface area contributed by atoms with Crippen LogP contribution in [0.1, 0.15) is 78.6 Å². The van der Waals surface area contributed by atoms with Crippen LogP contribution in [-0.4, -0.2) is 14.4 Å². The predicted octanol–water partition coefficient (Wildman–Crippen LogP) is 6.46. The maximum absolute atomic E-state index is 6.65. The lowest BCUT2D eigenvalue weighted by Crippen LogP contribution is -2.44. The van der Waals surface area contributed by atoms with Crippen LogP contribution in [0.5, 0.6) is 0 Å². The summed E-state index contributed by atoms with van der Waals surface area (Å²) in [5.74, 6) is 0. The molecule has 1 unspecified atom stereocenters. The molecule has 0 saturated carbocycles. The van der Waals surface area contributed by atoms with Crippen molar-refractivity contribution in [2.24, 2.45) is 0 Å². The molecule has 0 aliphatic heterocycles. The maximum atomic E-state index is 6.65. The van der Waals surface area contributed by atoms with Crippen LogP contribution >= 0.6 is 0 Å². The molecule has 118 valence electrons. The summed E-state index contributed by atoms with van der Waals surface area (Å²) in [6.45, 7) is 11.8. The van der Waals surface area contributed by atoms with Crippen molar-refractivity contribution in [3.63, 3.8) is 0 Å². The zero-order chi connectivity index (χ0) is 15.1. The number of hydrogen-bond donors (Lipinski definition) is 0. The average molecular weight is 297 g/mol. The van der Waals surface area contributed by atoms with Gasteiger partial charge in [0.2, 0.25) is 0 Å². The van der Waals surface area contributed by atoms with E-state index in [-0.39, 0.29) is 0 Å². The first kappa shape index (κ1) is 18.0. The van der Waals surface area contributed by atoms with Gasteiger partial charge in [-0.2, -0.15) is 0 Å². The summed E-state index contributed by atoms with van der Waals surface area (Å²) >= 11 is 0. The molecule has 0 heterocycles. The molecule has 0 N–H and O–H groups in total. The monoisotopic (exact) mass is 296 g/mol. The third-order valence-corrected chi connectivity index (χ3v) is 9.52. The molecule has 0 saturated heterocycles. The molecule has 0 spiro atoms. The summed E-state index contributed by atoms with van der Waals surface area (Å²) in [6.07, 6.45) is 17.1. The van der Waals surface area contributed by atoms with Crippen molar-refractivity contribution in [1.82, 2.24) is 0 Å². The quantitative estimate of drug-likeness (QED) is 0.420. The number of rotatable bonds is 2. The van der Waals surface area contributed by atoms with E-state index in [1.54, 1.807) is 0 Å². The predicted molar refractivity (Wildman–Crippen MR) is 92.8 cm³/mol. The van der Waals surface area contributed by atoms with Gasteiger partial charge in [-0.05, 0) is 50.2 Å². The van der Waals surface area contributed by atoms with Crippen LogP contribution < -0.4 is 0 Å². The summed E-state index contributed by atoms with van der Waals surface area (Å²) in [6, 6.07) is 0. The minimum Gasteiger partial charge on any atom is -0.414 e. The second-order valence-electron chi connectivity index (χ2n) is 7.89. The van der Waals surface area contributed by atoms with Gasteiger partial charge in [0.1, 0.15) is 0 Å². The van der Waals surface area contributed by atoms with Crippen molar-refractivity contribution in [3.05, 3.63) is 12.2 Å². The molecule has 1 aliphatic rings. The SMILES string of the molecule is CC(C)(C)[Si](C)(C)OC1CCC=CCCCCCCC1. The highest BCUT2D eigenvalue weighted by Crippen LogP contribution is 2.38. The third kappa shape index (κ3) is 6.58. The van der Waals surface area contributed by atoms with Crippen molar-refractivity contribution < 1.29 is 4.43 Å². The highest BCUT2D eigenvalue weighted by Gasteiger charge is 2.38. The van der Waals surface area contributed by atoms with Gasteiger partial charge < -0.3 is 4.43 Å². The van der Waals surface area contributed by atoms with Crippen molar-refractivity contribution >= 4 is 8.32 Å². The van der Waals surface area contributed by atoms with Gasteiger partial charge in [0.25, 0.3) is 0 Å². The Morgan fingerprint density at radius 2 is 1.45 bits per heavy atom. The molecular formula is C18H36OSi. The van der Waals surface area contributed by atoms with Crippen LogP contribution in [-0.2, 0) is 4.43 Å². The van der Waals surface area contributed by atoms with Crippen LogP contribution in [0, 0.1) is 0 Å². The second-order valence-corrected chi connectivity index (χ2v) is 12.7. The van der Waals surface area contributed by atoms with E-state index in [0.29, 0.717) is 11.1 Å². The van der Waals surface area contributed by atoms with Crippen molar-refractivity contribution in [2.75, 3.05) is 0 Å². The molecule has 0 aromatic rings. The molecule has 0 bridgehead atoms. The second kappa shape index (κ2) is 8.38. The minimum absolute atomic E-state index is 0.326. The number of allylic oxidation sites excluding steroid dienone is 2. The first-order valence-electron chi connectivity index (χ1n) is 8.66. The Hall–Kier alpha value is -0.0831. The zero-order valence-electron chi connectivity index (χ0n) is 14.5. The molecule has 0 fully saturated rings. The molecular weight excluding hydrogens is 260 g/mol. The Balaban J connectivity index is 2.57. The molecule has 0 radical (unpaired) electrons. The summed E-state index contributed by atoms with van der Waals surface area (Å²) in [5, 5.41) is 0.326. The zero-order valence-corrected chi connectivity index (χ0v) is 15.5. The number of hydrogen-bond acceptors (Lipinski definition) is 1. The average Bonchev–Trinajstić information content (AvgIpc) is 2.31. The van der Waals surface area contributed by atoms with E-state index in [0.717, 1.165) is 0 Å². The Kier molecular flexibility index (Phi) is 7.53. The van der Waals surface area contributed by atoms with Gasteiger partial charge in [0.15, 0.2) is 8.32 Å². The van der Waals surface area contributed by atoms with Crippen LogP contribution in [0.3, 0.4) is 0 Å². The molecule has 1 aliphatic carbocycles. The highest BCUT2D eigenvalue weighted by molar-refractivity contribution is 6.74. The Bertz CT molecular complexity index is 288. The molecule has 20 heavy (non-hydrogen) atoms. The summed E-state index contributed by atoms with van der Waals surface area (Å²) < 4.78 is 6.65. The van der Waals surface area contributed by atoms with E-state index in [9.17, 15) is 0 Å². The van der Waals surface area contributed by atoms with Crippen LogP contribution in [0.15, 0.2) is 12.2 Å². The standard InChI is InChI=1S/C18H36OSi/c1-18(2,3)20(4,5)19-17-15-13-11-9-7-6-8-10-12-14-16-17/h9,11,17H,6-8,10,12-16H2,1-5H3. The summed E-state index contributed by atoms with van der Waals surface area (Å²) in [5.41, 5.74) is 0. The van der Waals surface area contributed by atoms with E-state index in [1.807, 2.05) is 0 Å². The first-order chi connectivity index (χ1) is 9.33.